The quantitative estimate of drug-likeness (QED) is 0.147. The van der Waals surface area contributed by atoms with Gasteiger partial charge in [0.2, 0.25) is 6.71 Å². The smallest absolute Gasteiger partial charge is 0.252 e. The number of hydrogen-bond donors (Lipinski definition) is 0. The van der Waals surface area contributed by atoms with Gasteiger partial charge in [-0.1, -0.05) is 265 Å². The van der Waals surface area contributed by atoms with E-state index in [9.17, 15) is 0 Å². The summed E-state index contributed by atoms with van der Waals surface area (Å²) in [6.07, 6.45) is 0. The van der Waals surface area contributed by atoms with Crippen molar-refractivity contribution in [3.63, 3.8) is 0 Å². The average Bonchev–Trinajstić information content (AvgIpc) is 2.76. The van der Waals surface area contributed by atoms with Crippen LogP contribution in [0.3, 0.4) is 0 Å². The van der Waals surface area contributed by atoms with Crippen LogP contribution < -0.4 is 42.6 Å². The molecule has 0 amide bonds. The Hall–Kier alpha value is -8.93. The van der Waals surface area contributed by atoms with Crippen molar-refractivity contribution in [1.82, 2.24) is 0 Å². The Labute approximate surface area is 464 Å². The van der Waals surface area contributed by atoms with Gasteiger partial charge in [0.05, 0.1) is 11.4 Å². The minimum atomic E-state index is -0.101. The van der Waals surface area contributed by atoms with Crippen molar-refractivity contribution in [2.24, 2.45) is 0 Å². The summed E-state index contributed by atoms with van der Waals surface area (Å²) in [5.74, 6) is 0. The van der Waals surface area contributed by atoms with Crippen LogP contribution >= 0.6 is 23.5 Å². The number of rotatable bonds is 7. The molecule has 4 aliphatic heterocycles. The van der Waals surface area contributed by atoms with Crippen LogP contribution in [0.15, 0.2) is 299 Å². The second-order valence-electron chi connectivity index (χ2n) is 20.6. The highest BCUT2D eigenvalue weighted by atomic mass is 32.2. The Bertz CT molecular complexity index is 4290. The maximum absolute atomic E-state index is 2.65. The van der Waals surface area contributed by atoms with Crippen LogP contribution in [0.2, 0.25) is 0 Å². The van der Waals surface area contributed by atoms with Crippen LogP contribution in [0.5, 0.6) is 0 Å². The predicted octanol–water partition coefficient (Wildman–Crippen LogP) is 15.5. The van der Waals surface area contributed by atoms with E-state index in [0.717, 1.165) is 16.9 Å². The summed E-state index contributed by atoms with van der Waals surface area (Å²) >= 11 is 3.87. The molecule has 12 aromatic rings. The van der Waals surface area contributed by atoms with Gasteiger partial charge in [-0.3, -0.25) is 0 Å². The molecule has 0 atom stereocenters. The molecule has 0 aromatic heterocycles. The second kappa shape index (κ2) is 18.4. The molecule has 0 bridgehead atoms. The lowest BCUT2D eigenvalue weighted by atomic mass is 9.31. The van der Waals surface area contributed by atoms with E-state index in [1.54, 1.807) is 0 Å². The fourth-order valence-corrected chi connectivity index (χ4v) is 15.5. The lowest BCUT2D eigenvalue weighted by molar-refractivity contribution is 1.24. The van der Waals surface area contributed by atoms with Gasteiger partial charge in [-0.25, -0.2) is 0 Å². The number of para-hydroxylation sites is 3. The standard InChI is InChI=1S/C72H46B2N2S2/c1-6-23-47(24-7-1)52-41-64-70-65(42-52)76(72-55(50-29-12-4-13-30-50)34-22-35-56(72)51-31-14-5-15-32-51)62-39-20-17-36-57(62)73(70)59-45-60-67(46-63(59)75(64)61-38-19-16-33-54(61)49-27-10-3-11-28-49)78-69-44-53(48-25-8-2-9-26-48)43-68-71(69)74(60)58-37-18-21-40-66(58)77-68/h1-46H. The minimum Gasteiger partial charge on any atom is -0.311 e. The summed E-state index contributed by atoms with van der Waals surface area (Å²) in [4.78, 5) is 10.6. The molecular formula is C72H46B2N2S2. The molecule has 12 aromatic carbocycles. The first-order valence-electron chi connectivity index (χ1n) is 26.9. The monoisotopic (exact) mass is 1020 g/mol. The van der Waals surface area contributed by atoms with Crippen molar-refractivity contribution >= 4 is 104 Å². The SMILES string of the molecule is c1ccc(-c2cc3c4c(c2)Sc2cc5c(cc2B4c2ccccc2S3)B2c3ccccc3N(c3c(-c4ccccc4)cccc3-c3ccccc3)c3cc(-c4ccccc4)cc(c32)N5c2ccccc2-c2ccccc2)cc1. The predicted molar refractivity (Wildman–Crippen MR) is 333 cm³/mol. The zero-order chi connectivity index (χ0) is 51.3. The molecule has 0 aliphatic carbocycles. The summed E-state index contributed by atoms with van der Waals surface area (Å²) in [5, 5.41) is 0. The number of nitrogens with zero attached hydrogens (tertiary/aromatic N) is 2. The molecule has 4 heterocycles. The van der Waals surface area contributed by atoms with E-state index in [4.69, 9.17) is 0 Å². The van der Waals surface area contributed by atoms with Crippen molar-refractivity contribution in [2.45, 2.75) is 19.6 Å². The summed E-state index contributed by atoms with van der Waals surface area (Å²) in [6, 6.07) is 104. The van der Waals surface area contributed by atoms with Gasteiger partial charge in [-0.05, 0) is 109 Å². The van der Waals surface area contributed by atoms with Gasteiger partial charge in [-0.2, -0.15) is 0 Å². The molecule has 362 valence electrons. The van der Waals surface area contributed by atoms with Crippen molar-refractivity contribution < 1.29 is 0 Å². The van der Waals surface area contributed by atoms with Crippen LogP contribution in [-0.2, 0) is 0 Å². The average molecular weight is 1020 g/mol. The largest absolute Gasteiger partial charge is 0.311 e. The number of fused-ring (bicyclic) bond motifs is 8. The highest BCUT2D eigenvalue weighted by molar-refractivity contribution is 8.01. The molecule has 0 saturated heterocycles. The van der Waals surface area contributed by atoms with Crippen molar-refractivity contribution in [1.29, 1.82) is 0 Å². The van der Waals surface area contributed by atoms with Crippen molar-refractivity contribution in [2.75, 3.05) is 9.80 Å². The van der Waals surface area contributed by atoms with E-state index in [0.29, 0.717) is 0 Å². The fraction of sp³-hybridized carbons (Fsp3) is 0. The van der Waals surface area contributed by atoms with E-state index in [1.807, 2.05) is 23.5 Å². The first-order valence-corrected chi connectivity index (χ1v) is 28.5. The molecule has 78 heavy (non-hydrogen) atoms. The summed E-state index contributed by atoms with van der Waals surface area (Å²) in [7, 11) is 0. The Morgan fingerprint density at radius 2 is 0.679 bits per heavy atom. The van der Waals surface area contributed by atoms with Gasteiger partial charge in [0.15, 0.2) is 0 Å². The first-order chi connectivity index (χ1) is 38.7. The van der Waals surface area contributed by atoms with Crippen LogP contribution in [0, 0.1) is 0 Å². The van der Waals surface area contributed by atoms with Crippen LogP contribution in [0.4, 0.5) is 34.1 Å². The fourth-order valence-electron chi connectivity index (χ4n) is 13.0. The molecular weight excluding hydrogens is 979 g/mol. The number of benzene rings is 12. The molecule has 0 radical (unpaired) electrons. The Morgan fingerprint density at radius 1 is 0.231 bits per heavy atom. The normalized spacial score (nSPS) is 13.2. The first kappa shape index (κ1) is 45.3. The Morgan fingerprint density at radius 3 is 1.29 bits per heavy atom. The molecule has 0 N–H and O–H groups in total. The molecule has 2 nitrogen and oxygen atoms in total. The molecule has 0 saturated carbocycles. The lowest BCUT2D eigenvalue weighted by Gasteiger charge is -2.46. The molecule has 0 unspecified atom stereocenters. The minimum absolute atomic E-state index is 0.0618. The number of anilines is 6. The summed E-state index contributed by atoms with van der Waals surface area (Å²) in [5.41, 5.74) is 27.0. The third-order valence-electron chi connectivity index (χ3n) is 16.4. The molecule has 0 spiro atoms. The Kier molecular flexibility index (Phi) is 10.7. The van der Waals surface area contributed by atoms with E-state index >= 15 is 0 Å². The van der Waals surface area contributed by atoms with Crippen molar-refractivity contribution in [3.05, 3.63) is 279 Å². The highest BCUT2D eigenvalue weighted by Gasteiger charge is 2.47. The van der Waals surface area contributed by atoms with Gasteiger partial charge >= 0.3 is 0 Å². The van der Waals surface area contributed by atoms with Gasteiger partial charge in [-0.15, -0.1) is 0 Å². The molecule has 4 aliphatic rings. The molecule has 6 heteroatoms. The summed E-state index contributed by atoms with van der Waals surface area (Å²) < 4.78 is 0. The number of hydrogen-bond acceptors (Lipinski definition) is 4. The maximum Gasteiger partial charge on any atom is 0.252 e. The van der Waals surface area contributed by atoms with Crippen LogP contribution in [0.1, 0.15) is 0 Å². The third-order valence-corrected chi connectivity index (χ3v) is 18.6. The van der Waals surface area contributed by atoms with Gasteiger partial charge < -0.3 is 9.80 Å². The Balaban J connectivity index is 1.03. The zero-order valence-corrected chi connectivity index (χ0v) is 44.1. The van der Waals surface area contributed by atoms with Crippen LogP contribution in [-0.4, -0.2) is 13.4 Å². The van der Waals surface area contributed by atoms with E-state index in [2.05, 4.69) is 289 Å². The topological polar surface area (TPSA) is 6.48 Å². The van der Waals surface area contributed by atoms with Gasteiger partial charge in [0, 0.05) is 59.0 Å². The zero-order valence-electron chi connectivity index (χ0n) is 42.4. The lowest BCUT2D eigenvalue weighted by Crippen LogP contribution is -2.64. The van der Waals surface area contributed by atoms with Crippen LogP contribution in [0.25, 0.3) is 55.6 Å². The van der Waals surface area contributed by atoms with E-state index in [-0.39, 0.29) is 13.4 Å². The molecule has 0 fully saturated rings. The molecule has 16 rings (SSSR count). The van der Waals surface area contributed by atoms with E-state index in [1.165, 1.54) is 125 Å². The van der Waals surface area contributed by atoms with Gasteiger partial charge in [0.1, 0.15) is 0 Å². The van der Waals surface area contributed by atoms with E-state index < -0.39 is 0 Å². The van der Waals surface area contributed by atoms with Crippen molar-refractivity contribution in [3.8, 4) is 55.6 Å². The third kappa shape index (κ3) is 7.17. The second-order valence-corrected chi connectivity index (χ2v) is 22.8. The summed E-state index contributed by atoms with van der Waals surface area (Å²) in [6.45, 7) is -0.0389. The highest BCUT2D eigenvalue weighted by Crippen LogP contribution is 2.53. The van der Waals surface area contributed by atoms with Gasteiger partial charge in [0.25, 0.3) is 6.71 Å². The maximum atomic E-state index is 2.65.